The molecule has 5 heteroatoms. The second kappa shape index (κ2) is 3.40. The van der Waals surface area contributed by atoms with Crippen LogP contribution in [0.2, 0.25) is 0 Å². The van der Waals surface area contributed by atoms with E-state index in [9.17, 15) is 5.11 Å². The summed E-state index contributed by atoms with van der Waals surface area (Å²) in [5, 5.41) is 19.4. The van der Waals surface area contributed by atoms with Crippen molar-refractivity contribution in [3.8, 4) is 0 Å². The minimum Gasteiger partial charge on any atom is -0.469 e. The Morgan fingerprint density at radius 2 is 2.54 bits per heavy atom. The second-order valence-corrected chi connectivity index (χ2v) is 2.69. The maximum Gasteiger partial charge on any atom is 0.111 e. The van der Waals surface area contributed by atoms with Crippen molar-refractivity contribution in [2.75, 3.05) is 0 Å². The summed E-state index contributed by atoms with van der Waals surface area (Å²) in [5.41, 5.74) is 0.524. The summed E-state index contributed by atoms with van der Waals surface area (Å²) in [6.45, 7) is 0. The van der Waals surface area contributed by atoms with E-state index in [4.69, 9.17) is 4.42 Å². The molecule has 0 fully saturated rings. The van der Waals surface area contributed by atoms with Gasteiger partial charge in [-0.15, -0.1) is 0 Å². The summed E-state index contributed by atoms with van der Waals surface area (Å²) in [6, 6.07) is 3.59. The van der Waals surface area contributed by atoms with Crippen LogP contribution in [0, 0.1) is 0 Å². The van der Waals surface area contributed by atoms with Gasteiger partial charge in [-0.2, -0.15) is 15.4 Å². The molecule has 2 aromatic rings. The van der Waals surface area contributed by atoms with Crippen molar-refractivity contribution < 1.29 is 9.52 Å². The molecule has 1 atom stereocenters. The Labute approximate surface area is 74.4 Å². The molecule has 2 aromatic heterocycles. The van der Waals surface area contributed by atoms with Crippen LogP contribution >= 0.6 is 0 Å². The van der Waals surface area contributed by atoms with E-state index in [2.05, 4.69) is 15.4 Å². The Kier molecular flexibility index (Phi) is 2.09. The minimum atomic E-state index is -0.662. The predicted octanol–water partition coefficient (Wildman–Crippen LogP) is 0.674. The first-order valence-electron chi connectivity index (χ1n) is 3.92. The molecule has 0 aromatic carbocycles. The van der Waals surface area contributed by atoms with E-state index in [1.54, 1.807) is 12.3 Å². The topological polar surface area (TPSA) is 74.9 Å². The number of nitrogens with zero attached hydrogens (tertiary/aromatic N) is 2. The van der Waals surface area contributed by atoms with Gasteiger partial charge in [0.1, 0.15) is 17.6 Å². The number of nitrogens with one attached hydrogen (secondary N) is 1. The monoisotopic (exact) mass is 179 g/mol. The smallest absolute Gasteiger partial charge is 0.111 e. The first-order valence-corrected chi connectivity index (χ1v) is 3.92. The maximum absolute atomic E-state index is 9.60. The van der Waals surface area contributed by atoms with Crippen molar-refractivity contribution in [2.45, 2.75) is 12.5 Å². The van der Waals surface area contributed by atoms with Gasteiger partial charge in [-0.25, -0.2) is 0 Å². The molecule has 0 bridgehead atoms. The molecule has 2 rings (SSSR count). The molecule has 0 saturated heterocycles. The maximum atomic E-state index is 9.60. The van der Waals surface area contributed by atoms with Gasteiger partial charge in [0.05, 0.1) is 12.5 Å². The lowest BCUT2D eigenvalue weighted by Gasteiger charge is -2.03. The van der Waals surface area contributed by atoms with Crippen molar-refractivity contribution in [3.63, 3.8) is 0 Å². The van der Waals surface area contributed by atoms with Gasteiger partial charge in [0.25, 0.3) is 0 Å². The molecule has 68 valence electrons. The van der Waals surface area contributed by atoms with E-state index in [0.29, 0.717) is 12.1 Å². The first-order chi connectivity index (χ1) is 6.36. The van der Waals surface area contributed by atoms with Crippen LogP contribution in [-0.2, 0) is 6.42 Å². The number of hydrogen-bond donors (Lipinski definition) is 2. The molecular formula is C8H9N3O2. The molecule has 0 aliphatic rings. The molecular weight excluding hydrogens is 170 g/mol. The van der Waals surface area contributed by atoms with Gasteiger partial charge in [-0.3, -0.25) is 0 Å². The minimum absolute atomic E-state index is 0.416. The lowest BCUT2D eigenvalue weighted by Crippen LogP contribution is -2.01. The van der Waals surface area contributed by atoms with Gasteiger partial charge >= 0.3 is 0 Å². The number of aliphatic hydroxyl groups excluding tert-OH is 1. The molecule has 0 saturated carbocycles. The lowest BCUT2D eigenvalue weighted by atomic mass is 10.2. The van der Waals surface area contributed by atoms with Crippen LogP contribution in [0.25, 0.3) is 0 Å². The average molecular weight is 179 g/mol. The molecule has 2 N–H and O–H groups in total. The zero-order valence-electron chi connectivity index (χ0n) is 6.84. The molecule has 1 unspecified atom stereocenters. The fourth-order valence-electron chi connectivity index (χ4n) is 1.09. The van der Waals surface area contributed by atoms with Crippen LogP contribution in [0.3, 0.4) is 0 Å². The normalized spacial score (nSPS) is 13.0. The fraction of sp³-hybridized carbons (Fsp3) is 0.250. The summed E-state index contributed by atoms with van der Waals surface area (Å²) >= 11 is 0. The summed E-state index contributed by atoms with van der Waals surface area (Å²) in [5.74, 6) is 0.732. The van der Waals surface area contributed by atoms with E-state index in [0.717, 1.165) is 5.76 Å². The molecule has 0 amide bonds. The Balaban J connectivity index is 2.04. The molecule has 13 heavy (non-hydrogen) atoms. The molecule has 0 aliphatic heterocycles. The van der Waals surface area contributed by atoms with Crippen molar-refractivity contribution in [1.82, 2.24) is 15.4 Å². The van der Waals surface area contributed by atoms with E-state index < -0.39 is 6.10 Å². The molecule has 5 nitrogen and oxygen atoms in total. The number of rotatable bonds is 3. The Morgan fingerprint density at radius 3 is 3.15 bits per heavy atom. The van der Waals surface area contributed by atoms with Gasteiger partial charge in [0, 0.05) is 6.42 Å². The van der Waals surface area contributed by atoms with E-state index >= 15 is 0 Å². The predicted molar refractivity (Wildman–Crippen MR) is 43.8 cm³/mol. The van der Waals surface area contributed by atoms with Crippen molar-refractivity contribution in [1.29, 1.82) is 0 Å². The van der Waals surface area contributed by atoms with Crippen LogP contribution in [0.5, 0.6) is 0 Å². The van der Waals surface area contributed by atoms with E-state index in [1.165, 1.54) is 6.20 Å². The first kappa shape index (κ1) is 8.00. The summed E-state index contributed by atoms with van der Waals surface area (Å²) < 4.78 is 5.08. The van der Waals surface area contributed by atoms with Crippen LogP contribution in [0.15, 0.2) is 29.0 Å². The van der Waals surface area contributed by atoms with Gasteiger partial charge in [0.2, 0.25) is 0 Å². The Bertz CT molecular complexity index is 341. The molecule has 0 radical (unpaired) electrons. The Hall–Kier alpha value is -1.62. The van der Waals surface area contributed by atoms with Crippen LogP contribution < -0.4 is 0 Å². The van der Waals surface area contributed by atoms with E-state index in [1.807, 2.05) is 6.07 Å². The fourth-order valence-corrected chi connectivity index (χ4v) is 1.09. The molecule has 0 aliphatic carbocycles. The van der Waals surface area contributed by atoms with Crippen molar-refractivity contribution in [3.05, 3.63) is 36.0 Å². The van der Waals surface area contributed by atoms with Gasteiger partial charge in [-0.05, 0) is 12.1 Å². The third-order valence-corrected chi connectivity index (χ3v) is 1.75. The number of aliphatic hydroxyl groups is 1. The third-order valence-electron chi connectivity index (χ3n) is 1.75. The number of aromatic nitrogens is 3. The number of hydrogen-bond acceptors (Lipinski definition) is 4. The van der Waals surface area contributed by atoms with Crippen molar-refractivity contribution >= 4 is 0 Å². The van der Waals surface area contributed by atoms with Gasteiger partial charge < -0.3 is 9.52 Å². The molecule has 0 spiro atoms. The number of aromatic amines is 1. The summed E-state index contributed by atoms with van der Waals surface area (Å²) in [4.78, 5) is 0. The zero-order chi connectivity index (χ0) is 9.10. The van der Waals surface area contributed by atoms with Gasteiger partial charge in [0.15, 0.2) is 0 Å². The third kappa shape index (κ3) is 1.75. The Morgan fingerprint density at radius 1 is 1.62 bits per heavy atom. The van der Waals surface area contributed by atoms with E-state index in [-0.39, 0.29) is 0 Å². The van der Waals surface area contributed by atoms with Crippen LogP contribution in [0.1, 0.15) is 17.6 Å². The largest absolute Gasteiger partial charge is 0.469 e. The number of furan rings is 1. The van der Waals surface area contributed by atoms with Crippen LogP contribution in [0.4, 0.5) is 0 Å². The quantitative estimate of drug-likeness (QED) is 0.726. The highest BCUT2D eigenvalue weighted by Gasteiger charge is 2.12. The average Bonchev–Trinajstić information content (AvgIpc) is 2.74. The SMILES string of the molecule is OC(Cc1ccco1)c1cn[nH]n1. The molecule has 2 heterocycles. The highest BCUT2D eigenvalue weighted by atomic mass is 16.3. The summed E-state index contributed by atoms with van der Waals surface area (Å²) in [7, 11) is 0. The summed E-state index contributed by atoms with van der Waals surface area (Å²) in [6.07, 6.45) is 2.82. The zero-order valence-corrected chi connectivity index (χ0v) is 6.84. The lowest BCUT2D eigenvalue weighted by molar-refractivity contribution is 0.165. The van der Waals surface area contributed by atoms with Gasteiger partial charge in [-0.1, -0.05) is 0 Å². The number of H-pyrrole nitrogens is 1. The van der Waals surface area contributed by atoms with Crippen molar-refractivity contribution in [2.24, 2.45) is 0 Å². The highest BCUT2D eigenvalue weighted by Crippen LogP contribution is 2.14. The van der Waals surface area contributed by atoms with Crippen LogP contribution in [-0.4, -0.2) is 20.5 Å². The second-order valence-electron chi connectivity index (χ2n) is 2.69. The highest BCUT2D eigenvalue weighted by molar-refractivity contribution is 5.05. The standard InChI is InChI=1S/C8H9N3O2/c12-8(7-5-9-11-10-7)4-6-2-1-3-13-6/h1-3,5,8,12H,4H2,(H,9,10,11).